The maximum absolute atomic E-state index is 4.57. The Hall–Kier alpha value is -1.13. The predicted octanol–water partition coefficient (Wildman–Crippen LogP) is 1.65. The Morgan fingerprint density at radius 2 is 1.94 bits per heavy atom. The number of rotatable bonds is 4. The van der Waals surface area contributed by atoms with E-state index in [4.69, 9.17) is 0 Å². The van der Waals surface area contributed by atoms with Crippen LogP contribution in [0.2, 0.25) is 0 Å². The second kappa shape index (κ2) is 6.16. The Balaban J connectivity index is 1.87. The fraction of sp³-hybridized carbons (Fsp3) is 0.643. The highest BCUT2D eigenvalue weighted by Gasteiger charge is 2.18. The molecule has 18 heavy (non-hydrogen) atoms. The highest BCUT2D eigenvalue weighted by molar-refractivity contribution is 5.34. The van der Waals surface area contributed by atoms with E-state index in [1.807, 2.05) is 13.1 Å². The molecule has 0 amide bonds. The van der Waals surface area contributed by atoms with Crippen LogP contribution in [0.15, 0.2) is 18.2 Å². The van der Waals surface area contributed by atoms with Gasteiger partial charge in [0.1, 0.15) is 5.82 Å². The van der Waals surface area contributed by atoms with Crippen LogP contribution in [-0.4, -0.2) is 54.1 Å². The average molecular weight is 248 g/mol. The van der Waals surface area contributed by atoms with Crippen molar-refractivity contribution in [1.82, 2.24) is 14.8 Å². The summed E-state index contributed by atoms with van der Waals surface area (Å²) in [6.07, 6.45) is 0. The molecule has 100 valence electrons. The third-order valence-corrected chi connectivity index (χ3v) is 3.59. The molecule has 0 aliphatic carbocycles. The number of aromatic nitrogens is 1. The lowest BCUT2D eigenvalue weighted by Crippen LogP contribution is -2.48. The van der Waals surface area contributed by atoms with Crippen LogP contribution in [0.4, 0.5) is 5.82 Å². The summed E-state index contributed by atoms with van der Waals surface area (Å²) in [6, 6.07) is 6.84. The third-order valence-electron chi connectivity index (χ3n) is 3.59. The summed E-state index contributed by atoms with van der Waals surface area (Å²) >= 11 is 0. The Labute approximate surface area is 110 Å². The molecular formula is C14H24N4. The number of nitrogens with zero attached hydrogens (tertiary/aromatic N) is 3. The predicted molar refractivity (Wildman–Crippen MR) is 75.8 cm³/mol. The van der Waals surface area contributed by atoms with Crippen molar-refractivity contribution < 1.29 is 0 Å². The van der Waals surface area contributed by atoms with Gasteiger partial charge in [-0.3, -0.25) is 9.80 Å². The maximum Gasteiger partial charge on any atom is 0.126 e. The molecule has 1 N–H and O–H groups in total. The third kappa shape index (κ3) is 3.43. The van der Waals surface area contributed by atoms with Gasteiger partial charge in [-0.1, -0.05) is 6.07 Å². The van der Waals surface area contributed by atoms with E-state index in [-0.39, 0.29) is 0 Å². The molecule has 4 heteroatoms. The zero-order chi connectivity index (χ0) is 13.0. The first-order valence-corrected chi connectivity index (χ1v) is 6.79. The van der Waals surface area contributed by atoms with Gasteiger partial charge in [0.2, 0.25) is 0 Å². The molecule has 2 heterocycles. The Morgan fingerprint density at radius 1 is 1.22 bits per heavy atom. The van der Waals surface area contributed by atoms with Gasteiger partial charge in [-0.25, -0.2) is 4.98 Å². The molecule has 0 bridgehead atoms. The van der Waals surface area contributed by atoms with Gasteiger partial charge >= 0.3 is 0 Å². The second-order valence-corrected chi connectivity index (χ2v) is 5.17. The molecule has 0 atom stereocenters. The van der Waals surface area contributed by atoms with Crippen molar-refractivity contribution in [1.29, 1.82) is 0 Å². The normalized spacial score (nSPS) is 18.2. The van der Waals surface area contributed by atoms with E-state index in [9.17, 15) is 0 Å². The Morgan fingerprint density at radius 3 is 2.56 bits per heavy atom. The molecule has 4 nitrogen and oxygen atoms in total. The van der Waals surface area contributed by atoms with E-state index < -0.39 is 0 Å². The fourth-order valence-electron chi connectivity index (χ4n) is 2.37. The van der Waals surface area contributed by atoms with Gasteiger partial charge in [-0.2, -0.15) is 0 Å². The fourth-order valence-corrected chi connectivity index (χ4v) is 2.37. The van der Waals surface area contributed by atoms with Gasteiger partial charge in [-0.15, -0.1) is 0 Å². The number of piperazine rings is 1. The largest absolute Gasteiger partial charge is 0.373 e. The highest BCUT2D eigenvalue weighted by Crippen LogP contribution is 2.10. The molecule has 0 radical (unpaired) electrons. The van der Waals surface area contributed by atoms with Crippen LogP contribution in [-0.2, 0) is 6.54 Å². The molecule has 1 aliphatic heterocycles. The smallest absolute Gasteiger partial charge is 0.126 e. The summed E-state index contributed by atoms with van der Waals surface area (Å²) in [5, 5.41) is 3.09. The van der Waals surface area contributed by atoms with Crippen LogP contribution in [0, 0.1) is 0 Å². The van der Waals surface area contributed by atoms with Gasteiger partial charge in [0.25, 0.3) is 0 Å². The van der Waals surface area contributed by atoms with E-state index in [2.05, 4.69) is 46.1 Å². The number of nitrogens with one attached hydrogen (secondary N) is 1. The summed E-state index contributed by atoms with van der Waals surface area (Å²) in [7, 11) is 1.91. The summed E-state index contributed by atoms with van der Waals surface area (Å²) in [4.78, 5) is 9.60. The zero-order valence-electron chi connectivity index (χ0n) is 11.7. The van der Waals surface area contributed by atoms with E-state index in [0.717, 1.165) is 31.1 Å². The quantitative estimate of drug-likeness (QED) is 0.878. The minimum Gasteiger partial charge on any atom is -0.373 e. The topological polar surface area (TPSA) is 31.4 Å². The van der Waals surface area contributed by atoms with Crippen LogP contribution in [0.3, 0.4) is 0 Å². The molecule has 1 saturated heterocycles. The molecule has 0 spiro atoms. The first-order valence-electron chi connectivity index (χ1n) is 6.79. The maximum atomic E-state index is 4.57. The molecule has 1 aromatic heterocycles. The summed E-state index contributed by atoms with van der Waals surface area (Å²) in [5.41, 5.74) is 1.15. The average Bonchev–Trinajstić information content (AvgIpc) is 2.39. The minimum absolute atomic E-state index is 0.665. The second-order valence-electron chi connectivity index (χ2n) is 5.17. The number of pyridine rings is 1. The van der Waals surface area contributed by atoms with Gasteiger partial charge in [0.05, 0.1) is 5.69 Å². The highest BCUT2D eigenvalue weighted by atomic mass is 15.3. The van der Waals surface area contributed by atoms with Crippen molar-refractivity contribution in [3.63, 3.8) is 0 Å². The van der Waals surface area contributed by atoms with Crippen molar-refractivity contribution in [2.45, 2.75) is 26.4 Å². The van der Waals surface area contributed by atoms with E-state index in [1.54, 1.807) is 0 Å². The lowest BCUT2D eigenvalue weighted by molar-refractivity contribution is 0.103. The molecule has 2 rings (SSSR count). The molecular weight excluding hydrogens is 224 g/mol. The zero-order valence-corrected chi connectivity index (χ0v) is 11.7. The van der Waals surface area contributed by atoms with Crippen LogP contribution in [0.25, 0.3) is 0 Å². The SMILES string of the molecule is CNc1cccc(CN2CCN(C(C)C)CC2)n1. The lowest BCUT2D eigenvalue weighted by Gasteiger charge is -2.36. The first kappa shape index (κ1) is 13.3. The molecule has 0 saturated carbocycles. The van der Waals surface area contributed by atoms with Crippen molar-refractivity contribution >= 4 is 5.82 Å². The van der Waals surface area contributed by atoms with Crippen molar-refractivity contribution in [3.8, 4) is 0 Å². The monoisotopic (exact) mass is 248 g/mol. The van der Waals surface area contributed by atoms with Crippen LogP contribution in [0.1, 0.15) is 19.5 Å². The van der Waals surface area contributed by atoms with Crippen LogP contribution >= 0.6 is 0 Å². The standard InChI is InChI=1S/C14H24N4/c1-12(2)18-9-7-17(8-10-18)11-13-5-4-6-14(15-3)16-13/h4-6,12H,7-11H2,1-3H3,(H,15,16). The number of hydrogen-bond acceptors (Lipinski definition) is 4. The summed E-state index contributed by atoms with van der Waals surface area (Å²) in [5.74, 6) is 0.952. The van der Waals surface area contributed by atoms with Crippen molar-refractivity contribution in [2.24, 2.45) is 0 Å². The number of hydrogen-bond donors (Lipinski definition) is 1. The molecule has 0 aromatic carbocycles. The molecule has 1 aliphatic rings. The van der Waals surface area contributed by atoms with Gasteiger partial charge in [-0.05, 0) is 26.0 Å². The van der Waals surface area contributed by atoms with Crippen LogP contribution < -0.4 is 5.32 Å². The van der Waals surface area contributed by atoms with Gasteiger partial charge < -0.3 is 5.32 Å². The lowest BCUT2D eigenvalue weighted by atomic mass is 10.2. The summed E-state index contributed by atoms with van der Waals surface area (Å²) < 4.78 is 0. The molecule has 1 aromatic rings. The van der Waals surface area contributed by atoms with Crippen molar-refractivity contribution in [2.75, 3.05) is 38.5 Å². The summed E-state index contributed by atoms with van der Waals surface area (Å²) in [6.45, 7) is 10.1. The van der Waals surface area contributed by atoms with E-state index in [0.29, 0.717) is 6.04 Å². The first-order chi connectivity index (χ1) is 8.69. The number of anilines is 1. The Kier molecular flexibility index (Phi) is 4.55. The molecule has 1 fully saturated rings. The van der Waals surface area contributed by atoms with Gasteiger partial charge in [0, 0.05) is 45.8 Å². The van der Waals surface area contributed by atoms with Crippen molar-refractivity contribution in [3.05, 3.63) is 23.9 Å². The van der Waals surface area contributed by atoms with Crippen LogP contribution in [0.5, 0.6) is 0 Å². The van der Waals surface area contributed by atoms with E-state index in [1.165, 1.54) is 13.1 Å². The minimum atomic E-state index is 0.665. The Bertz CT molecular complexity index is 370. The van der Waals surface area contributed by atoms with E-state index >= 15 is 0 Å². The van der Waals surface area contributed by atoms with Gasteiger partial charge in [0.15, 0.2) is 0 Å². The molecule has 0 unspecified atom stereocenters.